The van der Waals surface area contributed by atoms with Crippen molar-refractivity contribution in [1.29, 1.82) is 0 Å². The van der Waals surface area contributed by atoms with E-state index in [9.17, 15) is 9.60 Å². The number of benzene rings is 9. The molecule has 0 radical (unpaired) electrons. The molecule has 1 heterocycles. The molecule has 0 saturated carbocycles. The molecule has 0 aliphatic carbocycles. The van der Waals surface area contributed by atoms with Gasteiger partial charge < -0.3 is 0 Å². The highest BCUT2D eigenvalue weighted by Gasteiger charge is 2.16. The first-order valence-electron chi connectivity index (χ1n) is 24.6. The zero-order valence-corrected chi connectivity index (χ0v) is 28.2. The fourth-order valence-corrected chi connectivity index (χ4v) is 6.56. The van der Waals surface area contributed by atoms with Crippen molar-refractivity contribution in [3.05, 3.63) is 200 Å². The van der Waals surface area contributed by atoms with E-state index in [2.05, 4.69) is 0 Å². The summed E-state index contributed by atoms with van der Waals surface area (Å²) in [6, 6.07) is 23.6. The summed E-state index contributed by atoms with van der Waals surface area (Å²) in [4.78, 5) is 14.5. The van der Waals surface area contributed by atoms with Crippen LogP contribution >= 0.6 is 0 Å². The second kappa shape index (κ2) is 13.4. The zero-order valence-electron chi connectivity index (χ0n) is 43.2. The van der Waals surface area contributed by atoms with Gasteiger partial charge in [0.25, 0.3) is 0 Å². The molecule has 0 amide bonds. The summed E-state index contributed by atoms with van der Waals surface area (Å²) < 4.78 is 136. The average Bonchev–Trinajstić information content (AvgIpc) is 3.37. The first kappa shape index (κ1) is 19.6. The maximum atomic E-state index is 9.67. The first-order chi connectivity index (χ1) is 33.0. The Hall–Kier alpha value is -7.23. The quantitative estimate of drug-likeness (QED) is 0.162. The van der Waals surface area contributed by atoms with Crippen LogP contribution in [0.4, 0.5) is 0 Å². The lowest BCUT2D eigenvalue weighted by Gasteiger charge is -2.13. The van der Waals surface area contributed by atoms with Crippen molar-refractivity contribution in [2.24, 2.45) is 0 Å². The lowest BCUT2D eigenvalue weighted by atomic mass is 9.92. The predicted molar refractivity (Wildman–Crippen MR) is 225 cm³/mol. The number of nitrogens with zero attached hydrogens (tertiary/aromatic N) is 3. The van der Waals surface area contributed by atoms with Gasteiger partial charge in [-0.3, -0.25) is 0 Å². The van der Waals surface area contributed by atoms with Gasteiger partial charge in [0.1, 0.15) is 0 Å². The lowest BCUT2D eigenvalue weighted by Crippen LogP contribution is -2.01. The summed E-state index contributed by atoms with van der Waals surface area (Å²) in [6.07, 6.45) is 0. The fraction of sp³-hybridized carbons (Fsp3) is 0. The van der Waals surface area contributed by atoms with Crippen molar-refractivity contribution in [2.45, 2.75) is 0 Å². The summed E-state index contributed by atoms with van der Waals surface area (Å²) in [6.45, 7) is 0. The molecule has 3 nitrogen and oxygen atoms in total. The van der Waals surface area contributed by atoms with E-state index in [0.29, 0.717) is 11.1 Å². The molecule has 0 atom stereocenters. The predicted octanol–water partition coefficient (Wildman–Crippen LogP) is 13.3. The van der Waals surface area contributed by atoms with E-state index < -0.39 is 107 Å². The van der Waals surface area contributed by atoms with Crippen LogP contribution in [0.5, 0.6) is 0 Å². The summed E-state index contributed by atoms with van der Waals surface area (Å²) in [5.41, 5.74) is 3.21. The summed E-state index contributed by atoms with van der Waals surface area (Å²) in [7, 11) is 0. The van der Waals surface area contributed by atoms with Crippen LogP contribution in [0.3, 0.4) is 0 Å². The highest BCUT2D eigenvalue weighted by atomic mass is 15.0. The molecule has 0 N–H and O–H groups in total. The number of hydrogen-bond donors (Lipinski definition) is 0. The van der Waals surface area contributed by atoms with Gasteiger partial charge in [-0.15, -0.1) is 0 Å². The molecular weight excluding hydrogens is 655 g/mol. The molecule has 0 fully saturated rings. The maximum Gasteiger partial charge on any atom is 0.164 e. The van der Waals surface area contributed by atoms with Crippen molar-refractivity contribution in [3.63, 3.8) is 0 Å². The molecule has 10 aromatic rings. The van der Waals surface area contributed by atoms with Gasteiger partial charge >= 0.3 is 0 Å². The molecular formula is C51H33N3. The third kappa shape index (κ3) is 5.69. The molecule has 3 heteroatoms. The highest BCUT2D eigenvalue weighted by molar-refractivity contribution is 6.25. The average molecular weight is 703 g/mol. The lowest BCUT2D eigenvalue weighted by molar-refractivity contribution is 1.07. The van der Waals surface area contributed by atoms with Crippen molar-refractivity contribution < 1.29 is 20.6 Å². The van der Waals surface area contributed by atoms with E-state index in [4.69, 9.17) is 25.9 Å². The number of aromatic nitrogens is 3. The van der Waals surface area contributed by atoms with Crippen molar-refractivity contribution in [2.75, 3.05) is 0 Å². The molecule has 0 unspecified atom stereocenters. The standard InChI is InChI=1S/C51H33N3/c1-3-13-34(14-4-1)35-23-27-38(28-24-35)49-52-50(54-51(53-49)47-22-12-7-17-41(47)37-15-5-2-6-16-37)39-29-25-36(26-30-39)40-31-32-46-44-20-9-8-18-42(44)43-19-10-11-21-45(43)48(46)33-40/h1-33H/i8D,9D,10D,11D,18D,19D,20D,21D,25D,26D,29D,30D,31D,32D,33D. The third-order valence-electron chi connectivity index (χ3n) is 9.17. The van der Waals surface area contributed by atoms with Crippen molar-refractivity contribution in [3.8, 4) is 67.5 Å². The van der Waals surface area contributed by atoms with Gasteiger partial charge in [0.05, 0.1) is 20.6 Å². The van der Waals surface area contributed by atoms with Gasteiger partial charge in [0.2, 0.25) is 0 Å². The molecule has 9 aromatic carbocycles. The van der Waals surface area contributed by atoms with Crippen molar-refractivity contribution >= 4 is 32.3 Å². The Morgan fingerprint density at radius 1 is 0.278 bits per heavy atom. The van der Waals surface area contributed by atoms with Crippen LogP contribution in [0, 0.1) is 0 Å². The molecule has 0 spiro atoms. The van der Waals surface area contributed by atoms with Gasteiger partial charge in [0, 0.05) is 16.7 Å². The molecule has 0 saturated heterocycles. The molecule has 1 aromatic heterocycles. The van der Waals surface area contributed by atoms with Crippen LogP contribution in [0.25, 0.3) is 99.9 Å². The summed E-state index contributed by atoms with van der Waals surface area (Å²) in [5, 5.41) is -2.19. The van der Waals surface area contributed by atoms with E-state index in [1.54, 1.807) is 0 Å². The minimum Gasteiger partial charge on any atom is -0.208 e. The van der Waals surface area contributed by atoms with E-state index in [1.807, 2.05) is 109 Å². The van der Waals surface area contributed by atoms with Crippen LogP contribution in [0.1, 0.15) is 20.6 Å². The highest BCUT2D eigenvalue weighted by Crippen LogP contribution is 2.38. The largest absolute Gasteiger partial charge is 0.208 e. The Balaban J connectivity index is 1.25. The molecule has 0 aliphatic rings. The van der Waals surface area contributed by atoms with Gasteiger partial charge in [-0.05, 0) is 71.7 Å². The fourth-order valence-electron chi connectivity index (χ4n) is 6.56. The van der Waals surface area contributed by atoms with Gasteiger partial charge in [-0.2, -0.15) is 0 Å². The van der Waals surface area contributed by atoms with E-state index in [-0.39, 0.29) is 50.0 Å². The molecule has 0 aliphatic heterocycles. The Kier molecular flexibility index (Phi) is 4.85. The topological polar surface area (TPSA) is 38.7 Å². The van der Waals surface area contributed by atoms with Crippen LogP contribution < -0.4 is 0 Å². The smallest absolute Gasteiger partial charge is 0.164 e. The van der Waals surface area contributed by atoms with Crippen LogP contribution in [0.2, 0.25) is 0 Å². The van der Waals surface area contributed by atoms with Crippen LogP contribution in [-0.4, -0.2) is 15.0 Å². The Bertz CT molecular complexity index is 3760. The minimum atomic E-state index is -0.781. The third-order valence-corrected chi connectivity index (χ3v) is 9.17. The van der Waals surface area contributed by atoms with Crippen LogP contribution in [-0.2, 0) is 0 Å². The van der Waals surface area contributed by atoms with Gasteiger partial charge in [-0.1, -0.05) is 194 Å². The molecule has 252 valence electrons. The zero-order chi connectivity index (χ0) is 48.9. The number of hydrogen-bond acceptors (Lipinski definition) is 3. The molecule has 10 rings (SSSR count). The molecule has 0 bridgehead atoms. The van der Waals surface area contributed by atoms with Crippen molar-refractivity contribution in [1.82, 2.24) is 15.0 Å². The van der Waals surface area contributed by atoms with E-state index >= 15 is 0 Å². The first-order valence-corrected chi connectivity index (χ1v) is 17.1. The van der Waals surface area contributed by atoms with Gasteiger partial charge in [0.15, 0.2) is 17.5 Å². The van der Waals surface area contributed by atoms with Gasteiger partial charge in [-0.25, -0.2) is 15.0 Å². The van der Waals surface area contributed by atoms with E-state index in [0.717, 1.165) is 22.3 Å². The Labute approximate surface area is 335 Å². The second-order valence-electron chi connectivity index (χ2n) is 12.4. The Morgan fingerprint density at radius 2 is 0.704 bits per heavy atom. The monoisotopic (exact) mass is 702 g/mol. The summed E-state index contributed by atoms with van der Waals surface area (Å²) in [5.74, 6) is 0.114. The number of fused-ring (bicyclic) bond motifs is 6. The van der Waals surface area contributed by atoms with Crippen LogP contribution in [0.15, 0.2) is 200 Å². The maximum absolute atomic E-state index is 9.67. The SMILES string of the molecule is [2H]c1c([2H])c(-c2c([2H])c([2H])c3c4c([2H])c([2H])c([2H])c([2H])c4c4c([2H])c([2H])c([2H])c([2H])c4c3c2[2H])c([2H])c([2H])c1-c1nc(-c2ccc(-c3ccccc3)cc2)nc(-c2ccccc2-c2ccccc2)n1. The van der Waals surface area contributed by atoms with E-state index in [1.165, 1.54) is 0 Å². The second-order valence-corrected chi connectivity index (χ2v) is 12.4. The normalized spacial score (nSPS) is 15.2. The minimum absolute atomic E-state index is 0.162. The Morgan fingerprint density at radius 3 is 1.33 bits per heavy atom. The number of rotatable bonds is 6. The molecule has 54 heavy (non-hydrogen) atoms. The summed E-state index contributed by atoms with van der Waals surface area (Å²) >= 11 is 0.